The van der Waals surface area contributed by atoms with E-state index in [4.69, 9.17) is 0 Å². The molecule has 78 valence electrons. The SMILES string of the molecule is Cc1c(=O)o[nH][n+]1CCN1CCCC1. The van der Waals surface area contributed by atoms with E-state index in [-0.39, 0.29) is 5.63 Å². The molecule has 0 atom stereocenters. The van der Waals surface area contributed by atoms with Crippen LogP contribution in [0.1, 0.15) is 18.5 Å². The van der Waals surface area contributed by atoms with Crippen molar-refractivity contribution in [2.45, 2.75) is 26.3 Å². The minimum absolute atomic E-state index is 0.272. The Balaban J connectivity index is 1.91. The summed E-state index contributed by atoms with van der Waals surface area (Å²) in [7, 11) is 0. The van der Waals surface area contributed by atoms with Crippen molar-refractivity contribution in [2.75, 3.05) is 19.6 Å². The maximum absolute atomic E-state index is 11.0. The zero-order chi connectivity index (χ0) is 9.97. The molecule has 5 nitrogen and oxygen atoms in total. The van der Waals surface area contributed by atoms with Gasteiger partial charge in [-0.1, -0.05) is 4.68 Å². The van der Waals surface area contributed by atoms with Crippen LogP contribution in [0.15, 0.2) is 9.32 Å². The minimum Gasteiger partial charge on any atom is -0.297 e. The summed E-state index contributed by atoms with van der Waals surface area (Å²) in [6, 6.07) is 0. The van der Waals surface area contributed by atoms with E-state index in [0.717, 1.165) is 13.1 Å². The molecule has 1 aromatic rings. The predicted molar refractivity (Wildman–Crippen MR) is 49.9 cm³/mol. The summed E-state index contributed by atoms with van der Waals surface area (Å²) in [6.45, 7) is 5.92. The summed E-state index contributed by atoms with van der Waals surface area (Å²) in [6.07, 6.45) is 2.59. The molecule has 0 unspecified atom stereocenters. The molecule has 1 fully saturated rings. The largest absolute Gasteiger partial charge is 0.429 e. The molecule has 0 spiro atoms. The summed E-state index contributed by atoms with van der Waals surface area (Å²) in [5.74, 6) is 0. The van der Waals surface area contributed by atoms with Gasteiger partial charge in [0.25, 0.3) is 5.69 Å². The van der Waals surface area contributed by atoms with Gasteiger partial charge < -0.3 is 0 Å². The fraction of sp³-hybridized carbons (Fsp3) is 0.778. The quantitative estimate of drug-likeness (QED) is 0.676. The van der Waals surface area contributed by atoms with Crippen molar-refractivity contribution in [2.24, 2.45) is 0 Å². The monoisotopic (exact) mass is 198 g/mol. The first-order chi connectivity index (χ1) is 6.77. The van der Waals surface area contributed by atoms with Crippen LogP contribution >= 0.6 is 0 Å². The van der Waals surface area contributed by atoms with E-state index in [9.17, 15) is 4.79 Å². The second-order valence-electron chi connectivity index (χ2n) is 3.77. The minimum atomic E-state index is -0.272. The van der Waals surface area contributed by atoms with E-state index >= 15 is 0 Å². The van der Waals surface area contributed by atoms with Crippen LogP contribution in [0.3, 0.4) is 0 Å². The zero-order valence-electron chi connectivity index (χ0n) is 8.45. The molecular weight excluding hydrogens is 182 g/mol. The molecule has 0 radical (unpaired) electrons. The second-order valence-corrected chi connectivity index (χ2v) is 3.77. The highest BCUT2D eigenvalue weighted by atomic mass is 16.5. The second kappa shape index (κ2) is 3.96. The third kappa shape index (κ3) is 1.87. The standard InChI is InChI=1S/C9H15N3O2/c1-8-9(13)14-10-12(8)7-6-11-4-2-3-5-11/h2-7H2,1H3/p+1. The first-order valence-corrected chi connectivity index (χ1v) is 5.07. The van der Waals surface area contributed by atoms with Crippen LogP contribution in [0.4, 0.5) is 0 Å². The van der Waals surface area contributed by atoms with E-state index in [1.807, 2.05) is 0 Å². The van der Waals surface area contributed by atoms with Crippen LogP contribution in [0.5, 0.6) is 0 Å². The first kappa shape index (κ1) is 9.45. The van der Waals surface area contributed by atoms with Crippen LogP contribution in [-0.4, -0.2) is 29.8 Å². The summed E-state index contributed by atoms with van der Waals surface area (Å²) >= 11 is 0. The van der Waals surface area contributed by atoms with Gasteiger partial charge in [0.2, 0.25) is 0 Å². The van der Waals surface area contributed by atoms with E-state index < -0.39 is 0 Å². The van der Waals surface area contributed by atoms with Crippen molar-refractivity contribution in [3.63, 3.8) is 0 Å². The third-order valence-corrected chi connectivity index (χ3v) is 2.79. The van der Waals surface area contributed by atoms with Gasteiger partial charge in [-0.15, -0.1) is 0 Å². The molecule has 1 saturated heterocycles. The third-order valence-electron chi connectivity index (χ3n) is 2.79. The lowest BCUT2D eigenvalue weighted by atomic mass is 10.4. The summed E-state index contributed by atoms with van der Waals surface area (Å²) in [5.41, 5.74) is 0.371. The van der Waals surface area contributed by atoms with Gasteiger partial charge in [0.1, 0.15) is 0 Å². The summed E-state index contributed by atoms with van der Waals surface area (Å²) < 4.78 is 6.44. The normalized spacial score (nSPS) is 17.8. The smallest absolute Gasteiger partial charge is 0.297 e. The highest BCUT2D eigenvalue weighted by Crippen LogP contribution is 2.05. The Morgan fingerprint density at radius 1 is 1.50 bits per heavy atom. The number of hydrogen-bond acceptors (Lipinski definition) is 3. The van der Waals surface area contributed by atoms with Crippen molar-refractivity contribution >= 4 is 0 Å². The Kier molecular flexibility index (Phi) is 2.67. The molecule has 0 aliphatic carbocycles. The lowest BCUT2D eigenvalue weighted by molar-refractivity contribution is -0.766. The molecule has 2 rings (SSSR count). The number of aromatic amines is 1. The molecule has 0 saturated carbocycles. The van der Waals surface area contributed by atoms with Gasteiger partial charge >= 0.3 is 5.63 Å². The molecule has 0 bridgehead atoms. The molecule has 1 aliphatic heterocycles. The molecular formula is C9H16N3O2+. The number of rotatable bonds is 3. The number of H-pyrrole nitrogens is 1. The van der Waals surface area contributed by atoms with Gasteiger partial charge in [0.05, 0.1) is 6.54 Å². The Morgan fingerprint density at radius 2 is 2.21 bits per heavy atom. The van der Waals surface area contributed by atoms with Crippen LogP contribution in [0.2, 0.25) is 0 Å². The van der Waals surface area contributed by atoms with Gasteiger partial charge in [-0.25, -0.2) is 4.79 Å². The lowest BCUT2D eigenvalue weighted by Crippen LogP contribution is -2.44. The van der Waals surface area contributed by atoms with Crippen LogP contribution in [-0.2, 0) is 6.54 Å². The first-order valence-electron chi connectivity index (χ1n) is 5.07. The topological polar surface area (TPSA) is 53.1 Å². The van der Waals surface area contributed by atoms with Gasteiger partial charge in [0, 0.05) is 6.92 Å². The van der Waals surface area contributed by atoms with Crippen molar-refractivity contribution in [3.8, 4) is 0 Å². The number of aromatic nitrogens is 2. The van der Waals surface area contributed by atoms with Crippen molar-refractivity contribution in [1.82, 2.24) is 10.2 Å². The summed E-state index contributed by atoms with van der Waals surface area (Å²) in [5, 5.41) is 2.60. The van der Waals surface area contributed by atoms with E-state index in [0.29, 0.717) is 5.69 Å². The lowest BCUT2D eigenvalue weighted by Gasteiger charge is -2.10. The average molecular weight is 198 g/mol. The van der Waals surface area contributed by atoms with Crippen molar-refractivity contribution in [3.05, 3.63) is 16.1 Å². The number of likely N-dealkylation sites (tertiary alicyclic amines) is 1. The van der Waals surface area contributed by atoms with Gasteiger partial charge in [-0.05, 0) is 31.2 Å². The van der Waals surface area contributed by atoms with Crippen LogP contribution < -0.4 is 10.3 Å². The maximum atomic E-state index is 11.0. The number of hydrogen-bond donors (Lipinski definition) is 1. The van der Waals surface area contributed by atoms with E-state index in [2.05, 4.69) is 14.7 Å². The Hall–Kier alpha value is -1.10. The molecule has 2 heterocycles. The number of nitrogens with one attached hydrogen (secondary N) is 1. The maximum Gasteiger partial charge on any atom is 0.429 e. The van der Waals surface area contributed by atoms with Crippen LogP contribution in [0, 0.1) is 6.92 Å². The molecule has 1 aliphatic rings. The van der Waals surface area contributed by atoms with Gasteiger partial charge in [-0.3, -0.25) is 9.42 Å². The fourth-order valence-corrected chi connectivity index (χ4v) is 1.81. The zero-order valence-corrected chi connectivity index (χ0v) is 8.45. The average Bonchev–Trinajstić information content (AvgIpc) is 2.77. The Bertz CT molecular complexity index is 349. The highest BCUT2D eigenvalue weighted by Gasteiger charge is 2.18. The van der Waals surface area contributed by atoms with E-state index in [1.54, 1.807) is 11.6 Å². The molecule has 0 aromatic carbocycles. The van der Waals surface area contributed by atoms with Crippen molar-refractivity contribution < 1.29 is 9.20 Å². The molecule has 0 amide bonds. The molecule has 14 heavy (non-hydrogen) atoms. The number of nitrogens with zero attached hydrogens (tertiary/aromatic N) is 2. The van der Waals surface area contributed by atoms with Crippen molar-refractivity contribution in [1.29, 1.82) is 0 Å². The Labute approximate surface area is 82.3 Å². The summed E-state index contributed by atoms with van der Waals surface area (Å²) in [4.78, 5) is 13.4. The van der Waals surface area contributed by atoms with Gasteiger partial charge in [-0.2, -0.15) is 0 Å². The predicted octanol–water partition coefficient (Wildman–Crippen LogP) is -0.340. The highest BCUT2D eigenvalue weighted by molar-refractivity contribution is 4.75. The molecule has 5 heteroatoms. The van der Waals surface area contributed by atoms with Gasteiger partial charge in [0.15, 0.2) is 6.54 Å². The van der Waals surface area contributed by atoms with Crippen LogP contribution in [0.25, 0.3) is 0 Å². The fourth-order valence-electron chi connectivity index (χ4n) is 1.81. The molecule has 1 aromatic heterocycles. The molecule has 1 N–H and O–H groups in total. The van der Waals surface area contributed by atoms with E-state index in [1.165, 1.54) is 25.9 Å². The Morgan fingerprint density at radius 3 is 2.79 bits per heavy atom.